The summed E-state index contributed by atoms with van der Waals surface area (Å²) in [6.07, 6.45) is 98.8. The summed E-state index contributed by atoms with van der Waals surface area (Å²) in [7, 11) is 0. The number of allylic oxidation sites excluding steroid dienone is 22. The molecular weight excluding hydrogens is 1020 g/mol. The molecule has 6 heteroatoms. The van der Waals surface area contributed by atoms with E-state index in [1.807, 2.05) is 0 Å². The average molecular weight is 1150 g/mol. The lowest BCUT2D eigenvalue weighted by atomic mass is 10.0. The van der Waals surface area contributed by atoms with Crippen molar-refractivity contribution in [2.45, 2.75) is 322 Å². The standard InChI is InChI=1S/C77H128O6/c1-4-7-10-13-16-19-22-25-28-31-34-36-38-40-43-46-49-52-55-58-61-64-67-70-76(79)82-73-74(72-81-75(78)69-66-63-60-57-54-51-48-45-42-33-30-27-24-21-18-15-12-9-6-3)83-77(80)71-68-65-62-59-56-53-50-47-44-41-39-37-35-32-29-26-23-20-17-14-11-8-5-2/h7,10,16,18-19,21,23,25-28,30,32,34-36,40,42-43,45,49,52,74H,4-6,8-9,11-15,17,20,22,24,29,31,33,37-39,41,44,46-48,50-51,53-73H2,1-3H3/b10-7-,19-16-,21-18-,26-23-,28-25-,30-27-,35-32-,36-34-,43-40-,45-42-,52-49-. The van der Waals surface area contributed by atoms with Gasteiger partial charge in [0.05, 0.1) is 0 Å². The quantitative estimate of drug-likeness (QED) is 0.0261. The Morgan fingerprint density at radius 1 is 0.253 bits per heavy atom. The molecule has 0 saturated heterocycles. The highest BCUT2D eigenvalue weighted by Gasteiger charge is 2.19. The molecule has 0 bridgehead atoms. The Kier molecular flexibility index (Phi) is 66.3. The molecule has 472 valence electrons. The number of carbonyl (C=O) groups excluding carboxylic acids is 3. The van der Waals surface area contributed by atoms with E-state index >= 15 is 0 Å². The predicted octanol–water partition coefficient (Wildman–Crippen LogP) is 24.1. The van der Waals surface area contributed by atoms with Crippen molar-refractivity contribution < 1.29 is 28.6 Å². The summed E-state index contributed by atoms with van der Waals surface area (Å²) < 4.78 is 17.0. The fourth-order valence-electron chi connectivity index (χ4n) is 9.43. The summed E-state index contributed by atoms with van der Waals surface area (Å²) in [5, 5.41) is 0. The molecule has 0 aliphatic heterocycles. The van der Waals surface area contributed by atoms with Gasteiger partial charge in [0.1, 0.15) is 13.2 Å². The molecule has 0 spiro atoms. The third-order valence-electron chi connectivity index (χ3n) is 14.6. The first-order chi connectivity index (χ1) is 41.0. The van der Waals surface area contributed by atoms with Crippen LogP contribution in [0.1, 0.15) is 316 Å². The molecule has 1 unspecified atom stereocenters. The zero-order chi connectivity index (χ0) is 59.9. The molecule has 0 aromatic heterocycles. The molecule has 1 atom stereocenters. The second-order valence-electron chi connectivity index (χ2n) is 22.7. The van der Waals surface area contributed by atoms with Crippen LogP contribution in [0.3, 0.4) is 0 Å². The third kappa shape index (κ3) is 68.2. The third-order valence-corrected chi connectivity index (χ3v) is 14.6. The molecule has 0 heterocycles. The van der Waals surface area contributed by atoms with E-state index < -0.39 is 6.10 Å². The maximum Gasteiger partial charge on any atom is 0.306 e. The molecule has 0 radical (unpaired) electrons. The minimum absolute atomic E-state index is 0.0970. The first kappa shape index (κ1) is 78.5. The lowest BCUT2D eigenvalue weighted by Gasteiger charge is -2.18. The monoisotopic (exact) mass is 1150 g/mol. The van der Waals surface area contributed by atoms with Crippen molar-refractivity contribution in [1.29, 1.82) is 0 Å². The first-order valence-electron chi connectivity index (χ1n) is 34.7. The summed E-state index contributed by atoms with van der Waals surface area (Å²) in [5.74, 6) is -0.929. The van der Waals surface area contributed by atoms with E-state index in [1.165, 1.54) is 135 Å². The van der Waals surface area contributed by atoms with Crippen molar-refractivity contribution in [1.82, 2.24) is 0 Å². The lowest BCUT2D eigenvalue weighted by Crippen LogP contribution is -2.30. The minimum Gasteiger partial charge on any atom is -0.462 e. The first-order valence-corrected chi connectivity index (χ1v) is 34.7. The number of carbonyl (C=O) groups is 3. The van der Waals surface area contributed by atoms with Gasteiger partial charge in [0.2, 0.25) is 0 Å². The molecular formula is C77H128O6. The Balaban J connectivity index is 4.47. The van der Waals surface area contributed by atoms with Crippen molar-refractivity contribution in [3.8, 4) is 0 Å². The number of hydrogen-bond donors (Lipinski definition) is 0. The second kappa shape index (κ2) is 70.0. The van der Waals surface area contributed by atoms with Gasteiger partial charge in [-0.05, 0) is 141 Å². The molecule has 0 aromatic carbocycles. The van der Waals surface area contributed by atoms with Gasteiger partial charge in [-0.15, -0.1) is 0 Å². The molecule has 0 N–H and O–H groups in total. The Hall–Kier alpha value is -4.45. The van der Waals surface area contributed by atoms with E-state index in [9.17, 15) is 14.4 Å². The smallest absolute Gasteiger partial charge is 0.306 e. The van der Waals surface area contributed by atoms with Gasteiger partial charge in [0.15, 0.2) is 6.10 Å². The zero-order valence-electron chi connectivity index (χ0n) is 54.2. The van der Waals surface area contributed by atoms with Gasteiger partial charge in [-0.1, -0.05) is 289 Å². The molecule has 0 aliphatic carbocycles. The van der Waals surface area contributed by atoms with Crippen LogP contribution >= 0.6 is 0 Å². The van der Waals surface area contributed by atoms with Gasteiger partial charge in [-0.2, -0.15) is 0 Å². The van der Waals surface area contributed by atoms with Crippen LogP contribution in [0.15, 0.2) is 134 Å². The summed E-state index contributed by atoms with van der Waals surface area (Å²) in [4.78, 5) is 38.5. The SMILES string of the molecule is CC/C=C\C/C=C\C/C=C\C/C=C\C/C=C\C/C=C\CCCCCCC(=O)OCC(COC(=O)CCCCCCCC/C=C\C/C=C\C/C=C\CCCCC)OC(=O)CCCCCCCCCCCCC/C=C\C/C=C\CCCCCCC. The Morgan fingerprint density at radius 3 is 0.759 bits per heavy atom. The highest BCUT2D eigenvalue weighted by molar-refractivity contribution is 5.71. The van der Waals surface area contributed by atoms with E-state index in [-0.39, 0.29) is 31.1 Å². The van der Waals surface area contributed by atoms with Crippen molar-refractivity contribution in [2.24, 2.45) is 0 Å². The molecule has 0 aliphatic rings. The zero-order valence-corrected chi connectivity index (χ0v) is 54.2. The van der Waals surface area contributed by atoms with Crippen LogP contribution in [0.4, 0.5) is 0 Å². The number of ether oxygens (including phenoxy) is 3. The molecule has 0 rings (SSSR count). The van der Waals surface area contributed by atoms with Crippen LogP contribution in [-0.4, -0.2) is 37.2 Å². The molecule has 0 aromatic rings. The normalized spacial score (nSPS) is 13.0. The Bertz CT molecular complexity index is 1750. The summed E-state index contributed by atoms with van der Waals surface area (Å²) >= 11 is 0. The molecule has 6 nitrogen and oxygen atoms in total. The van der Waals surface area contributed by atoms with Crippen LogP contribution in [0.2, 0.25) is 0 Å². The minimum atomic E-state index is -0.803. The number of rotatable bonds is 62. The highest BCUT2D eigenvalue weighted by Crippen LogP contribution is 2.16. The van der Waals surface area contributed by atoms with Crippen molar-refractivity contribution in [3.05, 3.63) is 134 Å². The van der Waals surface area contributed by atoms with E-state index in [1.54, 1.807) is 0 Å². The van der Waals surface area contributed by atoms with Crippen LogP contribution < -0.4 is 0 Å². The molecule has 0 fully saturated rings. The largest absolute Gasteiger partial charge is 0.462 e. The Morgan fingerprint density at radius 2 is 0.470 bits per heavy atom. The van der Waals surface area contributed by atoms with Crippen LogP contribution in [0, 0.1) is 0 Å². The van der Waals surface area contributed by atoms with Crippen molar-refractivity contribution >= 4 is 17.9 Å². The maximum atomic E-state index is 13.0. The summed E-state index contributed by atoms with van der Waals surface area (Å²) in [5.41, 5.74) is 0. The average Bonchev–Trinajstić information content (AvgIpc) is 3.49. The van der Waals surface area contributed by atoms with Crippen LogP contribution in [-0.2, 0) is 28.6 Å². The van der Waals surface area contributed by atoms with Crippen molar-refractivity contribution in [2.75, 3.05) is 13.2 Å². The predicted molar refractivity (Wildman–Crippen MR) is 362 cm³/mol. The summed E-state index contributed by atoms with van der Waals surface area (Å²) in [6.45, 7) is 6.48. The molecule has 0 saturated carbocycles. The van der Waals surface area contributed by atoms with Crippen molar-refractivity contribution in [3.63, 3.8) is 0 Å². The highest BCUT2D eigenvalue weighted by atomic mass is 16.6. The van der Waals surface area contributed by atoms with Gasteiger partial charge in [-0.25, -0.2) is 0 Å². The number of esters is 3. The molecule has 83 heavy (non-hydrogen) atoms. The van der Waals surface area contributed by atoms with E-state index in [2.05, 4.69) is 154 Å². The van der Waals surface area contributed by atoms with Gasteiger partial charge < -0.3 is 14.2 Å². The topological polar surface area (TPSA) is 78.9 Å². The van der Waals surface area contributed by atoms with Gasteiger partial charge in [0.25, 0.3) is 0 Å². The van der Waals surface area contributed by atoms with E-state index in [4.69, 9.17) is 14.2 Å². The van der Waals surface area contributed by atoms with E-state index in [0.717, 1.165) is 141 Å². The fourth-order valence-corrected chi connectivity index (χ4v) is 9.43. The maximum absolute atomic E-state index is 13.0. The van der Waals surface area contributed by atoms with Gasteiger partial charge in [0, 0.05) is 19.3 Å². The second-order valence-corrected chi connectivity index (χ2v) is 22.7. The van der Waals surface area contributed by atoms with Crippen LogP contribution in [0.25, 0.3) is 0 Å². The Labute approximate surface area is 513 Å². The van der Waals surface area contributed by atoms with Gasteiger partial charge >= 0.3 is 17.9 Å². The lowest BCUT2D eigenvalue weighted by molar-refractivity contribution is -0.167. The number of hydrogen-bond acceptors (Lipinski definition) is 6. The number of unbranched alkanes of at least 4 members (excludes halogenated alkanes) is 29. The fraction of sp³-hybridized carbons (Fsp3) is 0.675. The summed E-state index contributed by atoms with van der Waals surface area (Å²) in [6, 6.07) is 0. The van der Waals surface area contributed by atoms with Crippen LogP contribution in [0.5, 0.6) is 0 Å². The van der Waals surface area contributed by atoms with Gasteiger partial charge in [-0.3, -0.25) is 14.4 Å². The van der Waals surface area contributed by atoms with E-state index in [0.29, 0.717) is 19.3 Å². The molecule has 0 amide bonds.